The Morgan fingerprint density at radius 2 is 2.24 bits per heavy atom. The molecule has 3 heteroatoms. The molecule has 3 nitrogen and oxygen atoms in total. The third kappa shape index (κ3) is 2.33. The molecule has 0 fully saturated rings. The number of H-pyrrole nitrogens is 1. The molecule has 1 heterocycles. The lowest BCUT2D eigenvalue weighted by Crippen LogP contribution is -2.05. The number of aromatic amines is 1. The Hall–Kier alpha value is -1.77. The molecule has 0 unspecified atom stereocenters. The summed E-state index contributed by atoms with van der Waals surface area (Å²) in [5.74, 6) is -0.240. The van der Waals surface area contributed by atoms with Crippen molar-refractivity contribution in [1.29, 1.82) is 0 Å². The van der Waals surface area contributed by atoms with E-state index < -0.39 is 0 Å². The smallest absolute Gasteiger partial charge is 0.340 e. The van der Waals surface area contributed by atoms with Crippen LogP contribution in [0.3, 0.4) is 0 Å². The molecule has 0 aliphatic carbocycles. The standard InChI is InChI=1S/C14H17NO2/c1-3-4-8-17-14(16)12-9-15-13-10(2)6-5-7-11(12)13/h5-7,9,15H,3-4,8H2,1-2H3. The number of unbranched alkanes of at least 4 members (excludes halogenated alkanes) is 1. The van der Waals surface area contributed by atoms with Gasteiger partial charge in [0.05, 0.1) is 12.2 Å². The first-order chi connectivity index (χ1) is 8.24. The van der Waals surface area contributed by atoms with Gasteiger partial charge in [-0.15, -0.1) is 0 Å². The lowest BCUT2D eigenvalue weighted by Gasteiger charge is -2.02. The molecule has 2 aromatic rings. The van der Waals surface area contributed by atoms with Crippen LogP contribution in [-0.4, -0.2) is 17.6 Å². The number of aryl methyl sites for hydroxylation is 1. The molecule has 0 saturated carbocycles. The molecule has 0 saturated heterocycles. The fraction of sp³-hybridized carbons (Fsp3) is 0.357. The van der Waals surface area contributed by atoms with Gasteiger partial charge >= 0.3 is 5.97 Å². The van der Waals surface area contributed by atoms with Gasteiger partial charge in [0.15, 0.2) is 0 Å². The zero-order chi connectivity index (χ0) is 12.3. The average Bonchev–Trinajstić information content (AvgIpc) is 2.74. The van der Waals surface area contributed by atoms with Gasteiger partial charge in [0.1, 0.15) is 0 Å². The van der Waals surface area contributed by atoms with E-state index in [-0.39, 0.29) is 5.97 Å². The van der Waals surface area contributed by atoms with Crippen LogP contribution in [0, 0.1) is 6.92 Å². The van der Waals surface area contributed by atoms with E-state index in [1.165, 1.54) is 0 Å². The second kappa shape index (κ2) is 5.04. The molecular weight excluding hydrogens is 214 g/mol. The Balaban J connectivity index is 2.24. The number of ether oxygens (including phenoxy) is 1. The number of hydrogen-bond acceptors (Lipinski definition) is 2. The number of esters is 1. The Labute approximate surface area is 101 Å². The average molecular weight is 231 g/mol. The molecule has 1 N–H and O–H groups in total. The van der Waals surface area contributed by atoms with Gasteiger partial charge < -0.3 is 9.72 Å². The second-order valence-corrected chi connectivity index (χ2v) is 4.19. The zero-order valence-corrected chi connectivity index (χ0v) is 10.2. The van der Waals surface area contributed by atoms with Gasteiger partial charge in [0, 0.05) is 17.1 Å². The summed E-state index contributed by atoms with van der Waals surface area (Å²) in [6.45, 7) is 4.59. The lowest BCUT2D eigenvalue weighted by atomic mass is 10.1. The van der Waals surface area contributed by atoms with Gasteiger partial charge in [-0.3, -0.25) is 0 Å². The number of carbonyl (C=O) groups excluding carboxylic acids is 1. The first-order valence-electron chi connectivity index (χ1n) is 5.98. The number of benzene rings is 1. The minimum atomic E-state index is -0.240. The van der Waals surface area contributed by atoms with Crippen LogP contribution in [-0.2, 0) is 4.74 Å². The van der Waals surface area contributed by atoms with Crippen molar-refractivity contribution in [1.82, 2.24) is 4.98 Å². The van der Waals surface area contributed by atoms with Crippen LogP contribution in [0.2, 0.25) is 0 Å². The molecule has 2 rings (SSSR count). The molecule has 0 aliphatic rings. The Morgan fingerprint density at radius 1 is 1.41 bits per heavy atom. The van der Waals surface area contributed by atoms with E-state index >= 15 is 0 Å². The predicted octanol–water partition coefficient (Wildman–Crippen LogP) is 3.43. The van der Waals surface area contributed by atoms with E-state index in [1.54, 1.807) is 6.20 Å². The van der Waals surface area contributed by atoms with Crippen molar-refractivity contribution in [2.45, 2.75) is 26.7 Å². The van der Waals surface area contributed by atoms with Crippen molar-refractivity contribution in [3.8, 4) is 0 Å². The van der Waals surface area contributed by atoms with E-state index in [0.717, 1.165) is 29.3 Å². The Kier molecular flexibility index (Phi) is 3.47. The van der Waals surface area contributed by atoms with Gasteiger partial charge in [-0.25, -0.2) is 4.79 Å². The van der Waals surface area contributed by atoms with E-state index in [2.05, 4.69) is 11.9 Å². The summed E-state index contributed by atoms with van der Waals surface area (Å²) >= 11 is 0. The normalized spacial score (nSPS) is 10.7. The van der Waals surface area contributed by atoms with Gasteiger partial charge in [0.2, 0.25) is 0 Å². The highest BCUT2D eigenvalue weighted by Gasteiger charge is 2.13. The first-order valence-corrected chi connectivity index (χ1v) is 5.98. The molecule has 1 aromatic carbocycles. The number of fused-ring (bicyclic) bond motifs is 1. The Bertz CT molecular complexity index is 528. The maximum absolute atomic E-state index is 11.9. The van der Waals surface area contributed by atoms with Crippen molar-refractivity contribution < 1.29 is 9.53 Å². The maximum Gasteiger partial charge on any atom is 0.340 e. The number of carbonyl (C=O) groups is 1. The molecule has 90 valence electrons. The van der Waals surface area contributed by atoms with Crippen molar-refractivity contribution >= 4 is 16.9 Å². The molecule has 1 aromatic heterocycles. The van der Waals surface area contributed by atoms with E-state index in [0.29, 0.717) is 12.2 Å². The largest absolute Gasteiger partial charge is 0.462 e. The molecule has 0 bridgehead atoms. The summed E-state index contributed by atoms with van der Waals surface area (Å²) < 4.78 is 5.22. The monoisotopic (exact) mass is 231 g/mol. The van der Waals surface area contributed by atoms with Crippen molar-refractivity contribution in [3.05, 3.63) is 35.5 Å². The van der Waals surface area contributed by atoms with Crippen molar-refractivity contribution in [3.63, 3.8) is 0 Å². The fourth-order valence-electron chi connectivity index (χ4n) is 1.86. The molecular formula is C14H17NO2. The highest BCUT2D eigenvalue weighted by molar-refractivity contribution is 6.04. The second-order valence-electron chi connectivity index (χ2n) is 4.19. The third-order valence-electron chi connectivity index (χ3n) is 2.87. The van der Waals surface area contributed by atoms with E-state index in [1.807, 2.05) is 25.1 Å². The van der Waals surface area contributed by atoms with Gasteiger partial charge in [-0.05, 0) is 18.9 Å². The summed E-state index contributed by atoms with van der Waals surface area (Å²) in [4.78, 5) is 15.0. The highest BCUT2D eigenvalue weighted by Crippen LogP contribution is 2.21. The minimum absolute atomic E-state index is 0.240. The van der Waals surface area contributed by atoms with Crippen LogP contribution in [0.5, 0.6) is 0 Å². The fourth-order valence-corrected chi connectivity index (χ4v) is 1.86. The number of rotatable bonds is 4. The quantitative estimate of drug-likeness (QED) is 0.647. The number of hydrogen-bond donors (Lipinski definition) is 1. The van der Waals surface area contributed by atoms with Gasteiger partial charge in [-0.1, -0.05) is 31.5 Å². The molecule has 0 radical (unpaired) electrons. The molecule has 0 atom stereocenters. The first kappa shape index (κ1) is 11.7. The molecule has 0 spiro atoms. The summed E-state index contributed by atoms with van der Waals surface area (Å²) in [5.41, 5.74) is 2.77. The van der Waals surface area contributed by atoms with Crippen LogP contribution < -0.4 is 0 Å². The minimum Gasteiger partial charge on any atom is -0.462 e. The third-order valence-corrected chi connectivity index (χ3v) is 2.87. The summed E-state index contributed by atoms with van der Waals surface area (Å²) in [6, 6.07) is 5.91. The topological polar surface area (TPSA) is 42.1 Å². The van der Waals surface area contributed by atoms with Crippen molar-refractivity contribution in [2.24, 2.45) is 0 Å². The highest BCUT2D eigenvalue weighted by atomic mass is 16.5. The van der Waals surface area contributed by atoms with Crippen molar-refractivity contribution in [2.75, 3.05) is 6.61 Å². The summed E-state index contributed by atoms with van der Waals surface area (Å²) in [7, 11) is 0. The summed E-state index contributed by atoms with van der Waals surface area (Å²) in [6.07, 6.45) is 3.67. The van der Waals surface area contributed by atoms with Crippen LogP contribution in [0.1, 0.15) is 35.7 Å². The van der Waals surface area contributed by atoms with E-state index in [4.69, 9.17) is 4.74 Å². The van der Waals surface area contributed by atoms with Crippen LogP contribution >= 0.6 is 0 Å². The maximum atomic E-state index is 11.9. The Morgan fingerprint density at radius 3 is 3.00 bits per heavy atom. The zero-order valence-electron chi connectivity index (χ0n) is 10.2. The number of para-hydroxylation sites is 1. The van der Waals surface area contributed by atoms with Crippen LogP contribution in [0.15, 0.2) is 24.4 Å². The molecule has 0 amide bonds. The predicted molar refractivity (Wildman–Crippen MR) is 68.2 cm³/mol. The lowest BCUT2D eigenvalue weighted by molar-refractivity contribution is 0.0502. The molecule has 17 heavy (non-hydrogen) atoms. The van der Waals surface area contributed by atoms with E-state index in [9.17, 15) is 4.79 Å². The van der Waals surface area contributed by atoms with Crippen LogP contribution in [0.25, 0.3) is 10.9 Å². The number of aromatic nitrogens is 1. The van der Waals surface area contributed by atoms with Crippen LogP contribution in [0.4, 0.5) is 0 Å². The SMILES string of the molecule is CCCCOC(=O)c1c[nH]c2c(C)cccc12. The number of nitrogens with one attached hydrogen (secondary N) is 1. The van der Waals surface area contributed by atoms with Gasteiger partial charge in [-0.2, -0.15) is 0 Å². The summed E-state index contributed by atoms with van der Waals surface area (Å²) in [5, 5.41) is 0.937. The van der Waals surface area contributed by atoms with Gasteiger partial charge in [0.25, 0.3) is 0 Å². The molecule has 0 aliphatic heterocycles.